The molecule has 1 aliphatic heterocycles. The van der Waals surface area contributed by atoms with Crippen LogP contribution in [-0.2, 0) is 13.0 Å². The van der Waals surface area contributed by atoms with Crippen molar-refractivity contribution in [1.29, 1.82) is 0 Å². The van der Waals surface area contributed by atoms with Gasteiger partial charge in [-0.2, -0.15) is 0 Å². The molecule has 21 heavy (non-hydrogen) atoms. The van der Waals surface area contributed by atoms with E-state index in [2.05, 4.69) is 29.2 Å². The van der Waals surface area contributed by atoms with Crippen molar-refractivity contribution in [2.45, 2.75) is 19.9 Å². The first-order valence-electron chi connectivity index (χ1n) is 7.20. The first kappa shape index (κ1) is 13.7. The van der Waals surface area contributed by atoms with E-state index in [0.717, 1.165) is 25.2 Å². The highest BCUT2D eigenvalue weighted by Gasteiger charge is 2.22. The fourth-order valence-electron chi connectivity index (χ4n) is 3.01. The van der Waals surface area contributed by atoms with E-state index in [9.17, 15) is 4.79 Å². The van der Waals surface area contributed by atoms with Gasteiger partial charge in [-0.1, -0.05) is 30.3 Å². The third-order valence-electron chi connectivity index (χ3n) is 4.05. The number of nitrogens with zero attached hydrogens (tertiary/aromatic N) is 1. The number of hydrogen-bond donors (Lipinski definition) is 0. The molecule has 0 radical (unpaired) electrons. The number of methoxy groups -OCH3 is 1. The summed E-state index contributed by atoms with van der Waals surface area (Å²) in [5.74, 6) is 0.695. The third-order valence-corrected chi connectivity index (χ3v) is 4.05. The molecule has 0 atom stereocenters. The smallest absolute Gasteiger partial charge is 0.165 e. The molecular weight excluding hydrogens is 262 g/mol. The molecule has 108 valence electrons. The quantitative estimate of drug-likeness (QED) is 0.807. The molecule has 3 nitrogen and oxygen atoms in total. The molecule has 2 aromatic rings. The molecule has 3 rings (SSSR count). The van der Waals surface area contributed by atoms with Gasteiger partial charge in [0.1, 0.15) is 5.75 Å². The molecule has 0 aliphatic carbocycles. The summed E-state index contributed by atoms with van der Waals surface area (Å²) < 4.78 is 5.36. The molecule has 0 fully saturated rings. The van der Waals surface area contributed by atoms with Crippen molar-refractivity contribution in [3.8, 4) is 5.75 Å². The maximum Gasteiger partial charge on any atom is 0.165 e. The molecule has 0 saturated carbocycles. The fourth-order valence-corrected chi connectivity index (χ4v) is 3.01. The number of ether oxygens (including phenoxy) is 1. The summed E-state index contributed by atoms with van der Waals surface area (Å²) in [4.78, 5) is 14.3. The summed E-state index contributed by atoms with van der Waals surface area (Å²) in [6, 6.07) is 14.3. The van der Waals surface area contributed by atoms with E-state index in [0.29, 0.717) is 11.3 Å². The highest BCUT2D eigenvalue weighted by Crippen LogP contribution is 2.32. The van der Waals surface area contributed by atoms with Gasteiger partial charge >= 0.3 is 0 Å². The monoisotopic (exact) mass is 281 g/mol. The second kappa shape index (κ2) is 5.60. The van der Waals surface area contributed by atoms with Crippen LogP contribution in [0.2, 0.25) is 0 Å². The van der Waals surface area contributed by atoms with Crippen molar-refractivity contribution in [3.05, 3.63) is 59.2 Å². The van der Waals surface area contributed by atoms with Gasteiger partial charge in [0.15, 0.2) is 5.78 Å². The Bertz CT molecular complexity index is 679. The molecule has 0 bridgehead atoms. The van der Waals surface area contributed by atoms with Crippen LogP contribution in [0.25, 0.3) is 0 Å². The minimum atomic E-state index is 0.0429. The van der Waals surface area contributed by atoms with Gasteiger partial charge in [-0.05, 0) is 36.6 Å². The minimum absolute atomic E-state index is 0.0429. The molecule has 1 aliphatic rings. The minimum Gasteiger partial charge on any atom is -0.496 e. The number of hydrogen-bond acceptors (Lipinski definition) is 3. The lowest BCUT2D eigenvalue weighted by Gasteiger charge is -2.32. The third kappa shape index (κ3) is 2.51. The molecule has 0 aromatic heterocycles. The van der Waals surface area contributed by atoms with Crippen molar-refractivity contribution in [3.63, 3.8) is 0 Å². The van der Waals surface area contributed by atoms with Gasteiger partial charge in [-0.3, -0.25) is 4.79 Å². The molecule has 1 heterocycles. The van der Waals surface area contributed by atoms with Crippen LogP contribution in [-0.4, -0.2) is 19.4 Å². The number of Topliss-reactive ketones (excluding diaryl/α,β-unsaturated/α-hetero) is 1. The molecule has 0 saturated heterocycles. The van der Waals surface area contributed by atoms with E-state index < -0.39 is 0 Å². The number of carbonyl (C=O) groups excluding carboxylic acids is 1. The average molecular weight is 281 g/mol. The Balaban J connectivity index is 2.01. The molecular formula is C18H19NO2. The first-order chi connectivity index (χ1) is 10.2. The Morgan fingerprint density at radius 1 is 1.10 bits per heavy atom. The normalized spacial score (nSPS) is 13.7. The van der Waals surface area contributed by atoms with Gasteiger partial charge in [-0.15, -0.1) is 0 Å². The highest BCUT2D eigenvalue weighted by atomic mass is 16.5. The lowest BCUT2D eigenvalue weighted by atomic mass is 9.98. The predicted molar refractivity (Wildman–Crippen MR) is 84.2 cm³/mol. The Labute approximate surface area is 125 Å². The SMILES string of the molecule is COc1cccc(N2CCc3ccccc3C2)c1C(C)=O. The molecule has 3 heteroatoms. The van der Waals surface area contributed by atoms with Crippen LogP contribution < -0.4 is 9.64 Å². The number of carbonyl (C=O) groups is 1. The van der Waals surface area contributed by atoms with Crippen LogP contribution in [0.5, 0.6) is 5.75 Å². The van der Waals surface area contributed by atoms with Crippen LogP contribution in [0.1, 0.15) is 28.4 Å². The predicted octanol–water partition coefficient (Wildman–Crippen LogP) is 3.46. The Morgan fingerprint density at radius 2 is 1.86 bits per heavy atom. The largest absolute Gasteiger partial charge is 0.496 e. The van der Waals surface area contributed by atoms with Crippen molar-refractivity contribution in [1.82, 2.24) is 0 Å². The van der Waals surface area contributed by atoms with E-state index in [-0.39, 0.29) is 5.78 Å². The maximum absolute atomic E-state index is 12.0. The van der Waals surface area contributed by atoms with Gasteiger partial charge in [0.25, 0.3) is 0 Å². The number of fused-ring (bicyclic) bond motifs is 1. The zero-order valence-corrected chi connectivity index (χ0v) is 12.4. The lowest BCUT2D eigenvalue weighted by Crippen LogP contribution is -2.31. The molecule has 0 unspecified atom stereocenters. The van der Waals surface area contributed by atoms with Gasteiger partial charge in [0.05, 0.1) is 18.4 Å². The molecule has 0 N–H and O–H groups in total. The lowest BCUT2D eigenvalue weighted by molar-refractivity contribution is 0.101. The van der Waals surface area contributed by atoms with Crippen molar-refractivity contribution >= 4 is 11.5 Å². The van der Waals surface area contributed by atoms with Crippen LogP contribution >= 0.6 is 0 Å². The molecule has 2 aromatic carbocycles. The standard InChI is InChI=1S/C18H19NO2/c1-13(20)18-16(8-5-9-17(18)21-2)19-11-10-14-6-3-4-7-15(14)12-19/h3-9H,10-12H2,1-2H3. The van der Waals surface area contributed by atoms with E-state index in [1.165, 1.54) is 11.1 Å². The van der Waals surface area contributed by atoms with E-state index in [4.69, 9.17) is 4.74 Å². The zero-order valence-electron chi connectivity index (χ0n) is 12.4. The molecule has 0 amide bonds. The second-order valence-corrected chi connectivity index (χ2v) is 5.35. The Hall–Kier alpha value is -2.29. The van der Waals surface area contributed by atoms with Crippen LogP contribution in [0.15, 0.2) is 42.5 Å². The van der Waals surface area contributed by atoms with E-state index >= 15 is 0 Å². The second-order valence-electron chi connectivity index (χ2n) is 5.35. The van der Waals surface area contributed by atoms with Gasteiger partial charge in [0.2, 0.25) is 0 Å². The van der Waals surface area contributed by atoms with Crippen molar-refractivity contribution < 1.29 is 9.53 Å². The van der Waals surface area contributed by atoms with Crippen LogP contribution in [0.4, 0.5) is 5.69 Å². The van der Waals surface area contributed by atoms with E-state index in [1.807, 2.05) is 18.2 Å². The summed E-state index contributed by atoms with van der Waals surface area (Å²) in [7, 11) is 1.61. The summed E-state index contributed by atoms with van der Waals surface area (Å²) in [5, 5.41) is 0. The number of rotatable bonds is 3. The van der Waals surface area contributed by atoms with Crippen molar-refractivity contribution in [2.24, 2.45) is 0 Å². The van der Waals surface area contributed by atoms with Gasteiger partial charge < -0.3 is 9.64 Å². The number of benzene rings is 2. The highest BCUT2D eigenvalue weighted by molar-refractivity contribution is 6.02. The average Bonchev–Trinajstić information content (AvgIpc) is 2.53. The van der Waals surface area contributed by atoms with Crippen LogP contribution in [0.3, 0.4) is 0 Å². The van der Waals surface area contributed by atoms with Gasteiger partial charge in [0, 0.05) is 13.1 Å². The maximum atomic E-state index is 12.0. The van der Waals surface area contributed by atoms with Crippen LogP contribution in [0, 0.1) is 0 Å². The Morgan fingerprint density at radius 3 is 2.57 bits per heavy atom. The topological polar surface area (TPSA) is 29.5 Å². The summed E-state index contributed by atoms with van der Waals surface area (Å²) in [6.45, 7) is 3.35. The number of anilines is 1. The van der Waals surface area contributed by atoms with E-state index in [1.54, 1.807) is 14.0 Å². The van der Waals surface area contributed by atoms with Gasteiger partial charge in [-0.25, -0.2) is 0 Å². The zero-order chi connectivity index (χ0) is 14.8. The number of ketones is 1. The fraction of sp³-hybridized carbons (Fsp3) is 0.278. The summed E-state index contributed by atoms with van der Waals surface area (Å²) in [6.07, 6.45) is 1.00. The van der Waals surface area contributed by atoms with Crippen molar-refractivity contribution in [2.75, 3.05) is 18.6 Å². The Kier molecular flexibility index (Phi) is 3.65. The molecule has 0 spiro atoms. The summed E-state index contributed by atoms with van der Waals surface area (Å²) >= 11 is 0. The summed E-state index contributed by atoms with van der Waals surface area (Å²) in [5.41, 5.74) is 4.39. The first-order valence-corrected chi connectivity index (χ1v) is 7.20.